The van der Waals surface area contributed by atoms with Gasteiger partial charge in [-0.05, 0) is 29.9 Å². The Morgan fingerprint density at radius 1 is 1.00 bits per heavy atom. The summed E-state index contributed by atoms with van der Waals surface area (Å²) in [5.74, 6) is 0.960. The molecule has 0 radical (unpaired) electrons. The molecule has 0 heterocycles. The highest BCUT2D eigenvalue weighted by molar-refractivity contribution is 5.91. The molecule has 106 valence electrons. The van der Waals surface area contributed by atoms with Crippen LogP contribution in [0.2, 0.25) is 0 Å². The Labute approximate surface area is 121 Å². The van der Waals surface area contributed by atoms with E-state index in [1.165, 1.54) is 48.4 Å². The number of rotatable bonds is 4. The topological polar surface area (TPSA) is 21.3 Å². The minimum Gasteiger partial charge on any atom is -0.496 e. The van der Waals surface area contributed by atoms with Crippen molar-refractivity contribution in [3.05, 3.63) is 42.0 Å². The first-order valence-electron chi connectivity index (χ1n) is 7.66. The fraction of sp³-hybridized carbons (Fsp3) is 0.444. The molecule has 0 saturated heterocycles. The second-order valence-electron chi connectivity index (χ2n) is 5.69. The van der Waals surface area contributed by atoms with Crippen LogP contribution < -0.4 is 10.1 Å². The molecule has 3 rings (SSSR count). The van der Waals surface area contributed by atoms with Crippen LogP contribution in [0.5, 0.6) is 5.75 Å². The lowest BCUT2D eigenvalue weighted by atomic mass is 9.95. The number of hydrogen-bond acceptors (Lipinski definition) is 2. The van der Waals surface area contributed by atoms with E-state index in [9.17, 15) is 0 Å². The fourth-order valence-electron chi connectivity index (χ4n) is 3.23. The van der Waals surface area contributed by atoms with E-state index in [1.807, 2.05) is 0 Å². The Kier molecular flexibility index (Phi) is 4.22. The molecule has 2 aromatic carbocycles. The number of hydrogen-bond donors (Lipinski definition) is 1. The van der Waals surface area contributed by atoms with E-state index in [-0.39, 0.29) is 0 Å². The number of benzene rings is 2. The van der Waals surface area contributed by atoms with Gasteiger partial charge >= 0.3 is 0 Å². The Balaban J connectivity index is 1.80. The van der Waals surface area contributed by atoms with Gasteiger partial charge in [0.2, 0.25) is 0 Å². The summed E-state index contributed by atoms with van der Waals surface area (Å²) in [6.07, 6.45) is 6.81. The third-order valence-corrected chi connectivity index (χ3v) is 4.38. The van der Waals surface area contributed by atoms with Gasteiger partial charge in [0.1, 0.15) is 5.75 Å². The second kappa shape index (κ2) is 6.27. The van der Waals surface area contributed by atoms with Gasteiger partial charge in [-0.1, -0.05) is 49.6 Å². The SMILES string of the molecule is COc1ccc(CNC2CCCCC2)c2ccccc12. The van der Waals surface area contributed by atoms with Crippen molar-refractivity contribution in [3.8, 4) is 5.75 Å². The summed E-state index contributed by atoms with van der Waals surface area (Å²) in [7, 11) is 1.74. The van der Waals surface area contributed by atoms with E-state index in [1.54, 1.807) is 7.11 Å². The van der Waals surface area contributed by atoms with Crippen molar-refractivity contribution in [2.75, 3.05) is 7.11 Å². The molecule has 0 unspecified atom stereocenters. The van der Waals surface area contributed by atoms with Gasteiger partial charge in [0, 0.05) is 18.0 Å². The van der Waals surface area contributed by atoms with Gasteiger partial charge < -0.3 is 10.1 Å². The summed E-state index contributed by atoms with van der Waals surface area (Å²) in [4.78, 5) is 0. The lowest BCUT2D eigenvalue weighted by Crippen LogP contribution is -2.30. The highest BCUT2D eigenvalue weighted by Crippen LogP contribution is 2.28. The van der Waals surface area contributed by atoms with Crippen molar-refractivity contribution in [2.45, 2.75) is 44.7 Å². The molecule has 2 nitrogen and oxygen atoms in total. The molecule has 1 saturated carbocycles. The summed E-state index contributed by atoms with van der Waals surface area (Å²) in [5.41, 5.74) is 1.37. The maximum Gasteiger partial charge on any atom is 0.126 e. The fourth-order valence-corrected chi connectivity index (χ4v) is 3.23. The maximum atomic E-state index is 5.46. The highest BCUT2D eigenvalue weighted by Gasteiger charge is 2.13. The molecule has 1 N–H and O–H groups in total. The predicted octanol–water partition coefficient (Wildman–Crippen LogP) is 4.27. The van der Waals surface area contributed by atoms with Crippen molar-refractivity contribution < 1.29 is 4.74 Å². The molecule has 2 aromatic rings. The van der Waals surface area contributed by atoms with Crippen LogP contribution in [0.4, 0.5) is 0 Å². The average molecular weight is 269 g/mol. The smallest absolute Gasteiger partial charge is 0.126 e. The third-order valence-electron chi connectivity index (χ3n) is 4.38. The molecule has 20 heavy (non-hydrogen) atoms. The van der Waals surface area contributed by atoms with E-state index in [2.05, 4.69) is 41.7 Å². The first-order chi connectivity index (χ1) is 9.88. The molecule has 1 fully saturated rings. The van der Waals surface area contributed by atoms with E-state index in [0.29, 0.717) is 6.04 Å². The van der Waals surface area contributed by atoms with Gasteiger partial charge in [0.15, 0.2) is 0 Å². The van der Waals surface area contributed by atoms with E-state index in [4.69, 9.17) is 4.74 Å². The molecule has 0 spiro atoms. The molecular formula is C18H23NO. The van der Waals surface area contributed by atoms with Crippen molar-refractivity contribution in [2.24, 2.45) is 0 Å². The summed E-state index contributed by atoms with van der Waals surface area (Å²) in [6, 6.07) is 13.5. The average Bonchev–Trinajstić information content (AvgIpc) is 2.53. The van der Waals surface area contributed by atoms with Gasteiger partial charge in [-0.3, -0.25) is 0 Å². The number of ether oxygens (including phenoxy) is 1. The minimum atomic E-state index is 0.699. The van der Waals surface area contributed by atoms with Crippen LogP contribution in [0.15, 0.2) is 36.4 Å². The first kappa shape index (κ1) is 13.4. The van der Waals surface area contributed by atoms with Crippen LogP contribution in [0, 0.1) is 0 Å². The van der Waals surface area contributed by atoms with E-state index in [0.717, 1.165) is 12.3 Å². The zero-order valence-corrected chi connectivity index (χ0v) is 12.2. The molecule has 2 heteroatoms. The van der Waals surface area contributed by atoms with Crippen molar-refractivity contribution in [3.63, 3.8) is 0 Å². The largest absolute Gasteiger partial charge is 0.496 e. The van der Waals surface area contributed by atoms with Gasteiger partial charge in [-0.2, -0.15) is 0 Å². The molecular weight excluding hydrogens is 246 g/mol. The molecule has 0 aromatic heterocycles. The zero-order valence-electron chi connectivity index (χ0n) is 12.2. The van der Waals surface area contributed by atoms with Crippen molar-refractivity contribution in [1.29, 1.82) is 0 Å². The Morgan fingerprint density at radius 3 is 2.50 bits per heavy atom. The van der Waals surface area contributed by atoms with Gasteiger partial charge in [-0.25, -0.2) is 0 Å². The first-order valence-corrected chi connectivity index (χ1v) is 7.66. The quantitative estimate of drug-likeness (QED) is 0.895. The number of nitrogens with one attached hydrogen (secondary N) is 1. The summed E-state index contributed by atoms with van der Waals surface area (Å²) in [6.45, 7) is 0.954. The van der Waals surface area contributed by atoms with E-state index < -0.39 is 0 Å². The Hall–Kier alpha value is -1.54. The van der Waals surface area contributed by atoms with Gasteiger partial charge in [0.25, 0.3) is 0 Å². The van der Waals surface area contributed by atoms with Crippen LogP contribution in [-0.4, -0.2) is 13.2 Å². The summed E-state index contributed by atoms with van der Waals surface area (Å²) in [5, 5.41) is 6.23. The molecule has 0 amide bonds. The van der Waals surface area contributed by atoms with Crippen LogP contribution in [-0.2, 0) is 6.54 Å². The van der Waals surface area contributed by atoms with Crippen LogP contribution in [0.3, 0.4) is 0 Å². The summed E-state index contributed by atoms with van der Waals surface area (Å²) >= 11 is 0. The van der Waals surface area contributed by atoms with Crippen LogP contribution >= 0.6 is 0 Å². The summed E-state index contributed by atoms with van der Waals surface area (Å²) < 4.78 is 5.46. The molecule has 0 aliphatic heterocycles. The molecule has 1 aliphatic rings. The van der Waals surface area contributed by atoms with Crippen molar-refractivity contribution >= 4 is 10.8 Å². The Morgan fingerprint density at radius 2 is 1.75 bits per heavy atom. The van der Waals surface area contributed by atoms with Crippen LogP contribution in [0.1, 0.15) is 37.7 Å². The van der Waals surface area contributed by atoms with Gasteiger partial charge in [0.05, 0.1) is 7.11 Å². The van der Waals surface area contributed by atoms with Crippen molar-refractivity contribution in [1.82, 2.24) is 5.32 Å². The normalized spacial score (nSPS) is 16.4. The number of methoxy groups -OCH3 is 1. The molecule has 0 bridgehead atoms. The second-order valence-corrected chi connectivity index (χ2v) is 5.69. The van der Waals surface area contributed by atoms with Crippen LogP contribution in [0.25, 0.3) is 10.8 Å². The predicted molar refractivity (Wildman–Crippen MR) is 84.2 cm³/mol. The molecule has 1 aliphatic carbocycles. The lowest BCUT2D eigenvalue weighted by molar-refractivity contribution is 0.372. The monoisotopic (exact) mass is 269 g/mol. The molecule has 0 atom stereocenters. The highest BCUT2D eigenvalue weighted by atomic mass is 16.5. The number of fused-ring (bicyclic) bond motifs is 1. The standard InChI is InChI=1S/C18H23NO/c1-20-18-12-11-14(16-9-5-6-10-17(16)18)13-19-15-7-3-2-4-8-15/h5-6,9-12,15,19H,2-4,7-8,13H2,1H3. The Bertz CT molecular complexity index is 573. The third kappa shape index (κ3) is 2.80. The van der Waals surface area contributed by atoms with E-state index >= 15 is 0 Å². The zero-order chi connectivity index (χ0) is 13.8. The minimum absolute atomic E-state index is 0.699. The van der Waals surface area contributed by atoms with Gasteiger partial charge in [-0.15, -0.1) is 0 Å². The lowest BCUT2D eigenvalue weighted by Gasteiger charge is -2.23. The maximum absolute atomic E-state index is 5.46.